The lowest BCUT2D eigenvalue weighted by atomic mass is 9.62. The second-order valence-electron chi connectivity index (χ2n) is 12.7. The van der Waals surface area contributed by atoms with Crippen LogP contribution in [0.5, 0.6) is 0 Å². The van der Waals surface area contributed by atoms with Crippen LogP contribution in [-0.4, -0.2) is 81.6 Å². The van der Waals surface area contributed by atoms with Crippen LogP contribution < -0.4 is 11.4 Å². The number of carbonyl (C=O) groups excluding carboxylic acids is 4. The Bertz CT molecular complexity index is 1670. The van der Waals surface area contributed by atoms with Crippen molar-refractivity contribution in [3.8, 4) is 0 Å². The zero-order valence-electron chi connectivity index (χ0n) is 26.8. The summed E-state index contributed by atoms with van der Waals surface area (Å²) in [6.45, 7) is 3.57. The van der Waals surface area contributed by atoms with Crippen LogP contribution in [0.3, 0.4) is 0 Å². The highest BCUT2D eigenvalue weighted by atomic mass is 19.3. The second kappa shape index (κ2) is 12.5. The van der Waals surface area contributed by atoms with Gasteiger partial charge in [0.05, 0.1) is 7.11 Å². The van der Waals surface area contributed by atoms with Crippen molar-refractivity contribution < 1.29 is 56.7 Å². The number of esters is 4. The van der Waals surface area contributed by atoms with Crippen LogP contribution in [0.4, 0.5) is 14.6 Å². The average Bonchev–Trinajstić information content (AvgIpc) is 3.32. The molecule has 16 heteroatoms. The van der Waals surface area contributed by atoms with Gasteiger partial charge in [-0.2, -0.15) is 13.8 Å². The van der Waals surface area contributed by atoms with E-state index in [1.165, 1.54) is 33.1 Å². The summed E-state index contributed by atoms with van der Waals surface area (Å²) in [5.74, 6) is -7.20. The Hall–Kier alpha value is -4.44. The molecule has 1 aromatic rings. The third kappa shape index (κ3) is 5.70. The first-order valence-electron chi connectivity index (χ1n) is 15.3. The smallest absolute Gasteiger partial charge is 0.351 e. The van der Waals surface area contributed by atoms with Gasteiger partial charge in [0.2, 0.25) is 6.23 Å². The van der Waals surface area contributed by atoms with E-state index in [0.717, 1.165) is 12.3 Å². The first-order chi connectivity index (χ1) is 22.5. The largest absolute Gasteiger partial charge is 0.466 e. The molecule has 14 nitrogen and oxygen atoms in total. The number of methoxy groups -OCH3 is 1. The molecule has 2 saturated heterocycles. The highest BCUT2D eigenvalue weighted by Gasteiger charge is 2.74. The van der Waals surface area contributed by atoms with Gasteiger partial charge in [0.25, 0.3) is 0 Å². The van der Waals surface area contributed by atoms with E-state index in [0.29, 0.717) is 23.0 Å². The summed E-state index contributed by atoms with van der Waals surface area (Å²) in [6, 6.07) is 1.12. The van der Waals surface area contributed by atoms with E-state index in [-0.39, 0.29) is 30.7 Å². The number of nitrogens with zero attached hydrogens (tertiary/aromatic N) is 2. The van der Waals surface area contributed by atoms with Crippen LogP contribution >= 0.6 is 0 Å². The van der Waals surface area contributed by atoms with Gasteiger partial charge >= 0.3 is 35.5 Å². The number of nitrogen functional groups attached to an aromatic ring is 1. The number of anilines is 1. The number of hydrogen-bond donors (Lipinski definition) is 2. The maximum absolute atomic E-state index is 14.8. The average molecular weight is 678 g/mol. The van der Waals surface area contributed by atoms with E-state index >= 15 is 0 Å². The molecule has 2 bridgehead atoms. The van der Waals surface area contributed by atoms with Crippen molar-refractivity contribution in [2.75, 3.05) is 19.5 Å². The van der Waals surface area contributed by atoms with E-state index < -0.39 is 83.1 Å². The molecule has 2 aliphatic carbocycles. The number of aromatic nitrogens is 2. The van der Waals surface area contributed by atoms with Crippen molar-refractivity contribution in [1.82, 2.24) is 9.55 Å². The fraction of sp³-hybridized carbons (Fsp3) is 0.562. The van der Waals surface area contributed by atoms with Crippen LogP contribution in [0, 0.1) is 11.3 Å². The molecule has 3 N–H and O–H groups in total. The van der Waals surface area contributed by atoms with Crippen LogP contribution in [-0.2, 0) is 42.9 Å². The van der Waals surface area contributed by atoms with Crippen molar-refractivity contribution in [2.45, 2.75) is 88.4 Å². The van der Waals surface area contributed by atoms with E-state index in [4.69, 9.17) is 29.4 Å². The Morgan fingerprint density at radius 2 is 1.96 bits per heavy atom. The summed E-state index contributed by atoms with van der Waals surface area (Å²) in [7, 11) is 1.26. The number of alkyl halides is 2. The number of ether oxygens (including phenoxy) is 5. The standard InChI is InChI=1S/C32H37F2N3O11/c1-17(24(40)45-16-20-23(39)32(33,34)26(46-20)37-15-10-22(35)36-28(37)43)6-5-11-29(3)21-9-13-30(27(42)48-29)12-7-19(25(41)44-4)8-14-31(21,30)47-18(2)38/h5-7,10-11,15,20-21,23,26,39H,8-9,12-14,16H2,1-4H3,(H2,35,36,43)/b11-5+,17-6+/t20?,21-,23?,26+,29+,30+,31-/m0/s1. The molecule has 260 valence electrons. The number of halogens is 2. The molecule has 2 aliphatic heterocycles. The number of carbonyl (C=O) groups is 4. The quantitative estimate of drug-likeness (QED) is 0.176. The van der Waals surface area contributed by atoms with Crippen LogP contribution in [0.15, 0.2) is 52.5 Å². The molecule has 1 saturated carbocycles. The van der Waals surface area contributed by atoms with Crippen molar-refractivity contribution >= 4 is 29.7 Å². The number of aliphatic hydroxyl groups is 1. The highest BCUT2D eigenvalue weighted by Crippen LogP contribution is 2.65. The number of hydrogen-bond acceptors (Lipinski definition) is 13. The molecule has 3 heterocycles. The molecular formula is C32H37F2N3O11. The molecule has 4 aliphatic rings. The molecular weight excluding hydrogens is 640 g/mol. The van der Waals surface area contributed by atoms with E-state index in [1.807, 2.05) is 0 Å². The van der Waals surface area contributed by atoms with Gasteiger partial charge in [0, 0.05) is 30.2 Å². The van der Waals surface area contributed by atoms with Crippen molar-refractivity contribution in [2.24, 2.45) is 11.3 Å². The Morgan fingerprint density at radius 3 is 2.62 bits per heavy atom. The first kappa shape index (κ1) is 34.9. The summed E-state index contributed by atoms with van der Waals surface area (Å²) in [4.78, 5) is 66.8. The summed E-state index contributed by atoms with van der Waals surface area (Å²) >= 11 is 0. The topological polar surface area (TPSA) is 196 Å². The summed E-state index contributed by atoms with van der Waals surface area (Å²) < 4.78 is 57.4. The highest BCUT2D eigenvalue weighted by molar-refractivity contribution is 5.90. The van der Waals surface area contributed by atoms with Gasteiger partial charge in [-0.05, 0) is 58.1 Å². The fourth-order valence-corrected chi connectivity index (χ4v) is 7.43. The third-order valence-corrected chi connectivity index (χ3v) is 9.82. The fourth-order valence-electron chi connectivity index (χ4n) is 7.43. The lowest BCUT2D eigenvalue weighted by Gasteiger charge is -2.54. The third-order valence-electron chi connectivity index (χ3n) is 9.82. The Labute approximate surface area is 273 Å². The number of nitrogens with two attached hydrogens (primary N) is 1. The molecule has 5 rings (SSSR count). The Balaban J connectivity index is 1.30. The summed E-state index contributed by atoms with van der Waals surface area (Å²) in [5.41, 5.74) is 0.968. The number of cyclic esters (lactones) is 1. The minimum atomic E-state index is -3.92. The van der Waals surface area contributed by atoms with Crippen molar-refractivity contribution in [3.05, 3.63) is 58.2 Å². The maximum Gasteiger partial charge on any atom is 0.351 e. The molecule has 0 spiro atoms. The van der Waals surface area contributed by atoms with Crippen molar-refractivity contribution in [1.29, 1.82) is 0 Å². The minimum absolute atomic E-state index is 0.0311. The number of rotatable bonds is 8. The molecule has 0 aromatic carbocycles. The predicted octanol–water partition coefficient (Wildman–Crippen LogP) is 2.06. The number of aliphatic hydroxyl groups excluding tert-OH is 1. The Morgan fingerprint density at radius 1 is 1.23 bits per heavy atom. The molecule has 7 atom stereocenters. The van der Waals surface area contributed by atoms with Crippen LogP contribution in [0.25, 0.3) is 0 Å². The van der Waals surface area contributed by atoms with Gasteiger partial charge in [-0.3, -0.25) is 14.2 Å². The molecule has 0 radical (unpaired) electrons. The SMILES string of the molecule is COC(=O)C1=CC[C@@]23CC[C@@H]([C@@](C)(/C=C/C=C(\C)C(=O)OCC4O[C@@H](n5ccc(N)nc5=O)C(F)(F)C4O)OC2=O)[C@@]3(OC(C)=O)CC1. The van der Waals surface area contributed by atoms with E-state index in [1.54, 1.807) is 19.1 Å². The Kier molecular flexibility index (Phi) is 9.11. The van der Waals surface area contributed by atoms with Gasteiger partial charge in [-0.1, -0.05) is 18.2 Å². The second-order valence-corrected chi connectivity index (χ2v) is 12.7. The lowest BCUT2D eigenvalue weighted by molar-refractivity contribution is -0.235. The monoisotopic (exact) mass is 677 g/mol. The van der Waals surface area contributed by atoms with Crippen molar-refractivity contribution in [3.63, 3.8) is 0 Å². The van der Waals surface area contributed by atoms with E-state index in [2.05, 4.69) is 4.98 Å². The molecule has 2 unspecified atom stereocenters. The van der Waals surface area contributed by atoms with Gasteiger partial charge in [-0.15, -0.1) is 0 Å². The predicted molar refractivity (Wildman–Crippen MR) is 160 cm³/mol. The van der Waals surface area contributed by atoms with Gasteiger partial charge in [0.1, 0.15) is 35.1 Å². The number of allylic oxidation sites excluding steroid dienone is 3. The summed E-state index contributed by atoms with van der Waals surface area (Å²) in [5, 5.41) is 10.2. The van der Waals surface area contributed by atoms with Gasteiger partial charge in [-0.25, -0.2) is 14.4 Å². The first-order valence-corrected chi connectivity index (χ1v) is 15.3. The van der Waals surface area contributed by atoms with E-state index in [9.17, 15) is 37.9 Å². The van der Waals surface area contributed by atoms with Gasteiger partial charge in [0.15, 0.2) is 6.10 Å². The van der Waals surface area contributed by atoms with Crippen LogP contribution in [0.1, 0.15) is 59.1 Å². The molecule has 3 fully saturated rings. The lowest BCUT2D eigenvalue weighted by Crippen LogP contribution is -2.65. The zero-order chi connectivity index (χ0) is 35.2. The summed E-state index contributed by atoms with van der Waals surface area (Å²) in [6.07, 6.45) is 2.10. The molecule has 1 aromatic heterocycles. The maximum atomic E-state index is 14.8. The zero-order valence-corrected chi connectivity index (χ0v) is 26.8. The normalized spacial score (nSPS) is 34.1. The minimum Gasteiger partial charge on any atom is -0.466 e. The molecule has 48 heavy (non-hydrogen) atoms. The van der Waals surface area contributed by atoms with Gasteiger partial charge < -0.3 is 34.5 Å². The van der Waals surface area contributed by atoms with Crippen LogP contribution in [0.2, 0.25) is 0 Å². The molecule has 0 amide bonds.